The molecule has 25 heavy (non-hydrogen) atoms. The molecule has 2 aromatic carbocycles. The summed E-state index contributed by atoms with van der Waals surface area (Å²) in [5, 5.41) is 1.14. The second kappa shape index (κ2) is 4.96. The number of hydrogen-bond acceptors (Lipinski definition) is 2. The highest BCUT2D eigenvalue weighted by atomic mass is 16.2. The Morgan fingerprint density at radius 3 is 2.52 bits per heavy atom. The summed E-state index contributed by atoms with van der Waals surface area (Å²) in [7, 11) is 0. The number of imide groups is 1. The number of nitrogens with zero attached hydrogens (tertiary/aromatic N) is 2. The number of amides is 3. The molecule has 2 aliphatic heterocycles. The van der Waals surface area contributed by atoms with E-state index in [1.807, 2.05) is 43.3 Å². The van der Waals surface area contributed by atoms with E-state index in [1.165, 1.54) is 4.90 Å². The number of nitrogens with one attached hydrogen (secondary N) is 1. The van der Waals surface area contributed by atoms with Crippen LogP contribution in [-0.4, -0.2) is 27.9 Å². The molecule has 3 aromatic rings. The van der Waals surface area contributed by atoms with E-state index in [2.05, 4.69) is 11.1 Å². The molecule has 124 valence electrons. The molecule has 0 aliphatic carbocycles. The molecule has 0 saturated carbocycles. The Hall–Kier alpha value is -3.08. The molecule has 3 heterocycles. The number of carbonyl (C=O) groups is 2. The largest absolute Gasteiger partial charge is 0.356 e. The minimum absolute atomic E-state index is 0.140. The first-order valence-corrected chi connectivity index (χ1v) is 8.47. The van der Waals surface area contributed by atoms with Gasteiger partial charge < -0.3 is 9.88 Å². The average Bonchev–Trinajstić information content (AvgIpc) is 3.13. The van der Waals surface area contributed by atoms with Gasteiger partial charge in [0, 0.05) is 23.0 Å². The SMILES string of the molecule is C[C@H]1c2[nH]c3ccccc3c2C[C@@H]2C(=O)N(c3ccccc3)C(=O)N21. The van der Waals surface area contributed by atoms with E-state index in [0.717, 1.165) is 22.2 Å². The summed E-state index contributed by atoms with van der Waals surface area (Å²) in [6.07, 6.45) is 0.553. The van der Waals surface area contributed by atoms with Crippen LogP contribution >= 0.6 is 0 Å². The molecule has 1 saturated heterocycles. The lowest BCUT2D eigenvalue weighted by Gasteiger charge is -2.33. The highest BCUT2D eigenvalue weighted by Crippen LogP contribution is 2.41. The average molecular weight is 331 g/mol. The van der Waals surface area contributed by atoms with Gasteiger partial charge in [0.15, 0.2) is 0 Å². The number of aromatic amines is 1. The maximum atomic E-state index is 13.0. The van der Waals surface area contributed by atoms with Crippen LogP contribution in [-0.2, 0) is 11.2 Å². The highest BCUT2D eigenvalue weighted by molar-refractivity contribution is 6.21. The van der Waals surface area contributed by atoms with Gasteiger partial charge in [0.1, 0.15) is 6.04 Å². The van der Waals surface area contributed by atoms with E-state index in [-0.39, 0.29) is 18.0 Å². The summed E-state index contributed by atoms with van der Waals surface area (Å²) in [5.74, 6) is -0.140. The number of H-pyrrole nitrogens is 1. The molecule has 5 heteroatoms. The molecular weight excluding hydrogens is 314 g/mol. The summed E-state index contributed by atoms with van der Waals surface area (Å²) in [6.45, 7) is 1.99. The molecule has 0 spiro atoms. The Morgan fingerprint density at radius 2 is 1.72 bits per heavy atom. The minimum atomic E-state index is -0.436. The fourth-order valence-corrected chi connectivity index (χ4v) is 4.18. The Balaban J connectivity index is 1.62. The number of rotatable bonds is 1. The molecule has 1 aromatic heterocycles. The van der Waals surface area contributed by atoms with Crippen LogP contribution in [0.5, 0.6) is 0 Å². The molecule has 0 unspecified atom stereocenters. The van der Waals surface area contributed by atoms with Crippen LogP contribution in [0.15, 0.2) is 54.6 Å². The number of aromatic nitrogens is 1. The van der Waals surface area contributed by atoms with Crippen LogP contribution in [0.1, 0.15) is 24.2 Å². The van der Waals surface area contributed by atoms with Crippen molar-refractivity contribution >= 4 is 28.5 Å². The summed E-state index contributed by atoms with van der Waals surface area (Å²) >= 11 is 0. The number of hydrogen-bond donors (Lipinski definition) is 1. The van der Waals surface area contributed by atoms with Crippen molar-refractivity contribution in [3.63, 3.8) is 0 Å². The van der Waals surface area contributed by atoms with E-state index in [0.29, 0.717) is 12.1 Å². The van der Waals surface area contributed by atoms with Crippen molar-refractivity contribution in [1.82, 2.24) is 9.88 Å². The van der Waals surface area contributed by atoms with Crippen molar-refractivity contribution in [2.75, 3.05) is 4.90 Å². The van der Waals surface area contributed by atoms with Gasteiger partial charge in [-0.1, -0.05) is 36.4 Å². The van der Waals surface area contributed by atoms with Crippen molar-refractivity contribution in [2.24, 2.45) is 0 Å². The van der Waals surface area contributed by atoms with Crippen molar-refractivity contribution in [2.45, 2.75) is 25.4 Å². The van der Waals surface area contributed by atoms with Crippen LogP contribution < -0.4 is 4.90 Å². The zero-order chi connectivity index (χ0) is 17.1. The van der Waals surface area contributed by atoms with Gasteiger partial charge >= 0.3 is 6.03 Å². The Morgan fingerprint density at radius 1 is 1.00 bits per heavy atom. The third-order valence-electron chi connectivity index (χ3n) is 5.35. The zero-order valence-corrected chi connectivity index (χ0v) is 13.8. The standard InChI is InChI=1S/C20H17N3O2/c1-12-18-15(14-9-5-6-10-16(14)21-18)11-17-19(24)23(20(25)22(12)17)13-7-3-2-4-8-13/h2-10,12,17,21H,11H2,1H3/t12-,17+/m0/s1. The second-order valence-electron chi connectivity index (χ2n) is 6.66. The van der Waals surface area contributed by atoms with E-state index in [1.54, 1.807) is 17.0 Å². The molecule has 3 amide bonds. The number of fused-ring (bicyclic) bond motifs is 4. The maximum Gasteiger partial charge on any atom is 0.332 e. The number of benzene rings is 2. The van der Waals surface area contributed by atoms with Crippen LogP contribution in [0.4, 0.5) is 10.5 Å². The minimum Gasteiger partial charge on any atom is -0.356 e. The summed E-state index contributed by atoms with van der Waals surface area (Å²) in [5.41, 5.74) is 3.88. The van der Waals surface area contributed by atoms with E-state index in [9.17, 15) is 9.59 Å². The van der Waals surface area contributed by atoms with Crippen LogP contribution in [0, 0.1) is 0 Å². The normalized spacial score (nSPS) is 22.4. The summed E-state index contributed by atoms with van der Waals surface area (Å²) in [4.78, 5) is 32.5. The Kier molecular flexibility index (Phi) is 2.83. The molecule has 1 fully saturated rings. The summed E-state index contributed by atoms with van der Waals surface area (Å²) in [6, 6.07) is 16.4. The van der Waals surface area contributed by atoms with Gasteiger partial charge in [-0.15, -0.1) is 0 Å². The van der Waals surface area contributed by atoms with Crippen LogP contribution in [0.25, 0.3) is 10.9 Å². The van der Waals surface area contributed by atoms with E-state index in [4.69, 9.17) is 0 Å². The number of anilines is 1. The lowest BCUT2D eigenvalue weighted by molar-refractivity contribution is -0.120. The molecule has 2 aliphatic rings. The van der Waals surface area contributed by atoms with Crippen molar-refractivity contribution in [1.29, 1.82) is 0 Å². The van der Waals surface area contributed by atoms with Gasteiger partial charge in [-0.25, -0.2) is 9.69 Å². The molecule has 5 rings (SSSR count). The lowest BCUT2D eigenvalue weighted by atomic mass is 9.93. The predicted octanol–water partition coefficient (Wildman–Crippen LogP) is 3.62. The van der Waals surface area contributed by atoms with Gasteiger partial charge in [-0.05, 0) is 30.7 Å². The Bertz CT molecular complexity index is 1010. The molecule has 1 N–H and O–H groups in total. The smallest absolute Gasteiger partial charge is 0.332 e. The number of carbonyl (C=O) groups excluding carboxylic acids is 2. The first kappa shape index (κ1) is 14.3. The molecule has 5 nitrogen and oxygen atoms in total. The van der Waals surface area contributed by atoms with E-state index < -0.39 is 6.04 Å². The third kappa shape index (κ3) is 1.83. The molecular formula is C20H17N3O2. The van der Waals surface area contributed by atoms with Crippen LogP contribution in [0.3, 0.4) is 0 Å². The van der Waals surface area contributed by atoms with Gasteiger partial charge in [-0.2, -0.15) is 0 Å². The lowest BCUT2D eigenvalue weighted by Crippen LogP contribution is -2.42. The summed E-state index contributed by atoms with van der Waals surface area (Å²) < 4.78 is 0. The van der Waals surface area contributed by atoms with Gasteiger partial charge in [-0.3, -0.25) is 4.79 Å². The topological polar surface area (TPSA) is 56.4 Å². The zero-order valence-electron chi connectivity index (χ0n) is 13.8. The van der Waals surface area contributed by atoms with Gasteiger partial charge in [0.25, 0.3) is 5.91 Å². The predicted molar refractivity (Wildman–Crippen MR) is 95.4 cm³/mol. The highest BCUT2D eigenvalue weighted by Gasteiger charge is 2.51. The first-order valence-electron chi connectivity index (χ1n) is 8.47. The maximum absolute atomic E-state index is 13.0. The van der Waals surface area contributed by atoms with Crippen molar-refractivity contribution in [3.05, 3.63) is 65.9 Å². The molecule has 2 atom stereocenters. The van der Waals surface area contributed by atoms with E-state index >= 15 is 0 Å². The van der Waals surface area contributed by atoms with Crippen molar-refractivity contribution in [3.8, 4) is 0 Å². The fraction of sp³-hybridized carbons (Fsp3) is 0.200. The number of para-hydroxylation sites is 2. The number of urea groups is 1. The quantitative estimate of drug-likeness (QED) is 0.692. The monoisotopic (exact) mass is 331 g/mol. The third-order valence-corrected chi connectivity index (χ3v) is 5.35. The van der Waals surface area contributed by atoms with Crippen molar-refractivity contribution < 1.29 is 9.59 Å². The molecule has 0 radical (unpaired) electrons. The Labute approximate surface area is 144 Å². The van der Waals surface area contributed by atoms with Crippen LogP contribution in [0.2, 0.25) is 0 Å². The van der Waals surface area contributed by atoms with Gasteiger partial charge in [0.05, 0.1) is 11.7 Å². The first-order chi connectivity index (χ1) is 12.2. The fourth-order valence-electron chi connectivity index (χ4n) is 4.18. The molecule has 0 bridgehead atoms. The second-order valence-corrected chi connectivity index (χ2v) is 6.66. The van der Waals surface area contributed by atoms with Gasteiger partial charge in [0.2, 0.25) is 0 Å².